The summed E-state index contributed by atoms with van der Waals surface area (Å²) < 4.78 is 31.3. The number of rotatable bonds is 3. The second kappa shape index (κ2) is 5.24. The second-order valence-corrected chi connectivity index (χ2v) is 6.37. The van der Waals surface area contributed by atoms with E-state index in [2.05, 4.69) is 0 Å². The van der Waals surface area contributed by atoms with Gasteiger partial charge >= 0.3 is 13.1 Å². The summed E-state index contributed by atoms with van der Waals surface area (Å²) in [4.78, 5) is 11.2. The molecular formula is C15H20BFO5. The Hall–Kier alpha value is -1.60. The molecule has 1 heterocycles. The van der Waals surface area contributed by atoms with Crippen molar-refractivity contribution in [2.75, 3.05) is 7.11 Å². The molecule has 1 fully saturated rings. The quantitative estimate of drug-likeness (QED) is 0.867. The lowest BCUT2D eigenvalue weighted by molar-refractivity contribution is 0.00578. The number of halogens is 1. The molecule has 1 N–H and O–H groups in total. The number of carbonyl (C=O) groups is 1. The monoisotopic (exact) mass is 310 g/mol. The van der Waals surface area contributed by atoms with Crippen LogP contribution in [0.15, 0.2) is 6.07 Å². The highest BCUT2D eigenvalue weighted by atomic mass is 19.1. The number of aromatic carboxylic acids is 1. The maximum atomic E-state index is 14.5. The van der Waals surface area contributed by atoms with Gasteiger partial charge in [0.15, 0.2) is 0 Å². The van der Waals surface area contributed by atoms with Crippen LogP contribution in [0.5, 0.6) is 5.75 Å². The Labute approximate surface area is 129 Å². The standard InChI is InChI=1S/C15H20BFO5/c1-8-11(16-21-14(2,3)15(4,5)22-16)10(17)7-9(13(18)19)12(8)20-6/h7H,1-6H3,(H,18,19). The van der Waals surface area contributed by atoms with E-state index < -0.39 is 30.1 Å². The van der Waals surface area contributed by atoms with Gasteiger partial charge in [-0.1, -0.05) is 0 Å². The van der Waals surface area contributed by atoms with Crippen LogP contribution < -0.4 is 10.2 Å². The van der Waals surface area contributed by atoms with Gasteiger partial charge in [0.2, 0.25) is 0 Å². The minimum absolute atomic E-state index is 0.110. The van der Waals surface area contributed by atoms with Crippen molar-refractivity contribution < 1.29 is 28.3 Å². The molecule has 0 atom stereocenters. The Morgan fingerprint density at radius 2 is 1.77 bits per heavy atom. The number of ether oxygens (including phenoxy) is 1. The lowest BCUT2D eigenvalue weighted by atomic mass is 9.75. The SMILES string of the molecule is COc1c(C(=O)O)cc(F)c(B2OC(C)(C)C(C)(C)O2)c1C. The van der Waals surface area contributed by atoms with Crippen LogP contribution in [0.25, 0.3) is 0 Å². The van der Waals surface area contributed by atoms with Gasteiger partial charge < -0.3 is 19.2 Å². The van der Waals surface area contributed by atoms with Crippen molar-refractivity contribution >= 4 is 18.6 Å². The third-order valence-electron chi connectivity index (χ3n) is 4.44. The summed E-state index contributed by atoms with van der Waals surface area (Å²) in [6.07, 6.45) is 0. The molecule has 0 aliphatic carbocycles. The maximum absolute atomic E-state index is 14.5. The average Bonchev–Trinajstić information content (AvgIpc) is 2.57. The molecule has 0 aromatic heterocycles. The zero-order chi connectivity index (χ0) is 16.9. The summed E-state index contributed by atoms with van der Waals surface area (Å²) in [5.41, 5.74) is -0.929. The predicted molar refractivity (Wildman–Crippen MR) is 80.4 cm³/mol. The molecule has 7 heteroatoms. The zero-order valence-corrected chi connectivity index (χ0v) is 13.6. The number of hydrogen-bond donors (Lipinski definition) is 1. The van der Waals surface area contributed by atoms with Crippen LogP contribution in [-0.4, -0.2) is 36.5 Å². The molecule has 2 rings (SSSR count). The molecule has 0 bridgehead atoms. The summed E-state index contributed by atoms with van der Waals surface area (Å²) in [7, 11) is 0.433. The first-order valence-corrected chi connectivity index (χ1v) is 6.97. The van der Waals surface area contributed by atoms with Gasteiger partial charge in [0.1, 0.15) is 17.1 Å². The number of carboxylic acid groups (broad SMARTS) is 1. The van der Waals surface area contributed by atoms with Crippen LogP contribution in [0.2, 0.25) is 0 Å². The molecular weight excluding hydrogens is 290 g/mol. The highest BCUT2D eigenvalue weighted by molar-refractivity contribution is 6.62. The molecule has 0 saturated carbocycles. The van der Waals surface area contributed by atoms with Gasteiger partial charge in [-0.3, -0.25) is 0 Å². The molecule has 1 aliphatic heterocycles. The Kier molecular flexibility index (Phi) is 4.00. The van der Waals surface area contributed by atoms with Crippen LogP contribution in [0.3, 0.4) is 0 Å². The van der Waals surface area contributed by atoms with E-state index in [0.29, 0.717) is 5.56 Å². The molecule has 5 nitrogen and oxygen atoms in total. The molecule has 1 aromatic rings. The van der Waals surface area contributed by atoms with Crippen molar-refractivity contribution in [3.8, 4) is 5.75 Å². The van der Waals surface area contributed by atoms with E-state index in [-0.39, 0.29) is 16.8 Å². The van der Waals surface area contributed by atoms with Crippen LogP contribution in [0.1, 0.15) is 43.6 Å². The molecule has 22 heavy (non-hydrogen) atoms. The molecule has 0 spiro atoms. The summed E-state index contributed by atoms with van der Waals surface area (Å²) in [6.45, 7) is 9.05. The summed E-state index contributed by atoms with van der Waals surface area (Å²) in [6, 6.07) is 0.939. The van der Waals surface area contributed by atoms with E-state index in [4.69, 9.17) is 19.2 Å². The Morgan fingerprint density at radius 3 is 2.18 bits per heavy atom. The number of methoxy groups -OCH3 is 1. The van der Waals surface area contributed by atoms with Crippen LogP contribution in [0.4, 0.5) is 4.39 Å². The second-order valence-electron chi connectivity index (χ2n) is 6.37. The minimum Gasteiger partial charge on any atom is -0.496 e. The smallest absolute Gasteiger partial charge is 0.496 e. The van der Waals surface area contributed by atoms with Crippen LogP contribution >= 0.6 is 0 Å². The highest BCUT2D eigenvalue weighted by Gasteiger charge is 2.53. The van der Waals surface area contributed by atoms with E-state index in [1.807, 2.05) is 27.7 Å². The Bertz CT molecular complexity index is 611. The van der Waals surface area contributed by atoms with Gasteiger partial charge in [0, 0.05) is 5.46 Å². The molecule has 120 valence electrons. The van der Waals surface area contributed by atoms with E-state index in [1.165, 1.54) is 7.11 Å². The summed E-state index contributed by atoms with van der Waals surface area (Å²) in [5.74, 6) is -1.83. The zero-order valence-electron chi connectivity index (χ0n) is 13.6. The average molecular weight is 310 g/mol. The normalized spacial score (nSPS) is 19.3. The van der Waals surface area contributed by atoms with Gasteiger partial charge in [0.05, 0.1) is 18.3 Å². The van der Waals surface area contributed by atoms with E-state index in [9.17, 15) is 9.18 Å². The first-order valence-electron chi connectivity index (χ1n) is 6.97. The van der Waals surface area contributed by atoms with Gasteiger partial charge in [-0.25, -0.2) is 9.18 Å². The molecule has 0 amide bonds. The lowest BCUT2D eigenvalue weighted by Gasteiger charge is -2.32. The van der Waals surface area contributed by atoms with Crippen molar-refractivity contribution in [3.63, 3.8) is 0 Å². The molecule has 0 radical (unpaired) electrons. The summed E-state index contributed by atoms with van der Waals surface area (Å²) in [5, 5.41) is 9.16. The third-order valence-corrected chi connectivity index (χ3v) is 4.44. The topological polar surface area (TPSA) is 65.0 Å². The molecule has 0 unspecified atom stereocenters. The van der Waals surface area contributed by atoms with Crippen molar-refractivity contribution in [1.82, 2.24) is 0 Å². The summed E-state index contributed by atoms with van der Waals surface area (Å²) >= 11 is 0. The fourth-order valence-corrected chi connectivity index (χ4v) is 2.45. The van der Waals surface area contributed by atoms with Crippen molar-refractivity contribution in [1.29, 1.82) is 0 Å². The fourth-order valence-electron chi connectivity index (χ4n) is 2.45. The molecule has 1 aromatic carbocycles. The van der Waals surface area contributed by atoms with Gasteiger partial charge in [-0.2, -0.15) is 0 Å². The van der Waals surface area contributed by atoms with Crippen LogP contribution in [0, 0.1) is 12.7 Å². The highest BCUT2D eigenvalue weighted by Crippen LogP contribution is 2.37. The predicted octanol–water partition coefficient (Wildman–Crippen LogP) is 2.14. The number of carboxylic acids is 1. The van der Waals surface area contributed by atoms with Crippen molar-refractivity contribution in [2.45, 2.75) is 45.8 Å². The molecule has 1 aliphatic rings. The number of hydrogen-bond acceptors (Lipinski definition) is 4. The van der Waals surface area contributed by atoms with Gasteiger partial charge in [-0.05, 0) is 46.2 Å². The first kappa shape index (κ1) is 16.8. The first-order chi connectivity index (χ1) is 10.0. The Morgan fingerprint density at radius 1 is 1.27 bits per heavy atom. The van der Waals surface area contributed by atoms with E-state index in [0.717, 1.165) is 6.07 Å². The van der Waals surface area contributed by atoms with E-state index in [1.54, 1.807) is 6.92 Å². The van der Waals surface area contributed by atoms with E-state index >= 15 is 0 Å². The minimum atomic E-state index is -1.25. The lowest BCUT2D eigenvalue weighted by Crippen LogP contribution is -2.41. The fraction of sp³-hybridized carbons (Fsp3) is 0.533. The van der Waals surface area contributed by atoms with Gasteiger partial charge in [-0.15, -0.1) is 0 Å². The largest absolute Gasteiger partial charge is 0.498 e. The van der Waals surface area contributed by atoms with Gasteiger partial charge in [0.25, 0.3) is 0 Å². The Balaban J connectivity index is 2.57. The molecule has 1 saturated heterocycles. The van der Waals surface area contributed by atoms with Crippen molar-refractivity contribution in [2.24, 2.45) is 0 Å². The third kappa shape index (κ3) is 2.48. The van der Waals surface area contributed by atoms with Crippen LogP contribution in [-0.2, 0) is 9.31 Å². The number of benzene rings is 1. The maximum Gasteiger partial charge on any atom is 0.498 e. The van der Waals surface area contributed by atoms with Crippen molar-refractivity contribution in [3.05, 3.63) is 23.0 Å².